The minimum Gasteiger partial charge on any atom is -0.468 e. The van der Waals surface area contributed by atoms with Gasteiger partial charge in [-0.2, -0.15) is 11.8 Å². The summed E-state index contributed by atoms with van der Waals surface area (Å²) in [6.07, 6.45) is 1.89. The van der Waals surface area contributed by atoms with E-state index in [0.29, 0.717) is 22.7 Å². The fourth-order valence-corrected chi connectivity index (χ4v) is 3.47. The average Bonchev–Trinajstić information content (AvgIpc) is 2.67. The summed E-state index contributed by atoms with van der Waals surface area (Å²) in [5, 5.41) is 11.2. The number of methoxy groups -OCH3 is 1. The van der Waals surface area contributed by atoms with E-state index in [1.165, 1.54) is 37.1 Å². The van der Waals surface area contributed by atoms with Gasteiger partial charge in [-0.1, -0.05) is 12.1 Å². The van der Waals surface area contributed by atoms with Crippen LogP contribution >= 0.6 is 11.8 Å². The van der Waals surface area contributed by atoms with Crippen molar-refractivity contribution in [1.82, 2.24) is 0 Å². The molecule has 0 fully saturated rings. The van der Waals surface area contributed by atoms with Crippen LogP contribution in [0.15, 0.2) is 40.5 Å². The molecule has 9 heteroatoms. The number of benzene rings is 1. The van der Waals surface area contributed by atoms with Gasteiger partial charge in [0.25, 0.3) is 5.69 Å². The van der Waals surface area contributed by atoms with Gasteiger partial charge in [0.2, 0.25) is 0 Å². The molecule has 2 rings (SSSR count). The van der Waals surface area contributed by atoms with Crippen LogP contribution in [-0.2, 0) is 19.1 Å². The molecule has 0 amide bonds. The quantitative estimate of drug-likeness (QED) is 0.296. The minimum atomic E-state index is -0.876. The normalized spacial score (nSPS) is 19.1. The Labute approximate surface area is 167 Å². The number of aliphatic imine (C=N–C) groups is 1. The molecule has 0 saturated carbocycles. The number of esters is 2. The van der Waals surface area contributed by atoms with E-state index in [0.717, 1.165) is 0 Å². The first-order valence-electron chi connectivity index (χ1n) is 8.56. The molecule has 1 heterocycles. The summed E-state index contributed by atoms with van der Waals surface area (Å²) in [5.74, 6) is -2.19. The maximum atomic E-state index is 12.8. The second kappa shape index (κ2) is 9.50. The fourth-order valence-electron chi connectivity index (χ4n) is 3.22. The van der Waals surface area contributed by atoms with E-state index in [9.17, 15) is 19.7 Å². The highest BCUT2D eigenvalue weighted by atomic mass is 32.2. The van der Waals surface area contributed by atoms with Crippen molar-refractivity contribution in [2.24, 2.45) is 10.9 Å². The van der Waals surface area contributed by atoms with Crippen LogP contribution in [0.2, 0.25) is 0 Å². The minimum absolute atomic E-state index is 0.131. The van der Waals surface area contributed by atoms with Crippen LogP contribution < -0.4 is 0 Å². The van der Waals surface area contributed by atoms with E-state index in [1.807, 2.05) is 6.26 Å². The number of nitrogens with zero attached hydrogens (tertiary/aromatic N) is 2. The molecule has 0 N–H and O–H groups in total. The van der Waals surface area contributed by atoms with Gasteiger partial charge in [0, 0.05) is 35.2 Å². The van der Waals surface area contributed by atoms with Crippen molar-refractivity contribution in [1.29, 1.82) is 0 Å². The molecule has 150 valence electrons. The molecule has 0 bridgehead atoms. The third-order valence-corrected chi connectivity index (χ3v) is 5.04. The number of carbonyl (C=O) groups excluding carboxylic acids is 2. The Kier molecular flexibility index (Phi) is 7.33. The molecule has 28 heavy (non-hydrogen) atoms. The standard InChI is InChI=1S/C19H22N2O6S/c1-11-15(18(22)26-3)17(13-6-5-7-14(10-13)21(24)25)16(12(2)20-11)19(23)27-8-9-28-4/h5-7,10,15,17H,8-9H2,1-4H3/t15?,17-/m1/s1. The van der Waals surface area contributed by atoms with Gasteiger partial charge in [-0.3, -0.25) is 19.9 Å². The summed E-state index contributed by atoms with van der Waals surface area (Å²) in [6, 6.07) is 5.89. The average molecular weight is 406 g/mol. The van der Waals surface area contributed by atoms with E-state index in [2.05, 4.69) is 4.99 Å². The van der Waals surface area contributed by atoms with Crippen molar-refractivity contribution in [2.75, 3.05) is 25.7 Å². The Hall–Kier alpha value is -2.68. The van der Waals surface area contributed by atoms with E-state index in [-0.39, 0.29) is 17.9 Å². The number of nitro benzene ring substituents is 1. The molecular weight excluding hydrogens is 384 g/mol. The molecule has 1 aromatic carbocycles. The highest BCUT2D eigenvalue weighted by molar-refractivity contribution is 7.98. The predicted molar refractivity (Wildman–Crippen MR) is 106 cm³/mol. The molecule has 1 aliphatic heterocycles. The van der Waals surface area contributed by atoms with Crippen LogP contribution in [0.1, 0.15) is 25.3 Å². The molecule has 8 nitrogen and oxygen atoms in total. The van der Waals surface area contributed by atoms with E-state index in [1.54, 1.807) is 19.9 Å². The third-order valence-electron chi connectivity index (χ3n) is 4.46. The molecule has 0 aromatic heterocycles. The number of hydrogen-bond donors (Lipinski definition) is 0. The fraction of sp³-hybridized carbons (Fsp3) is 0.421. The number of hydrogen-bond acceptors (Lipinski definition) is 8. The first kappa shape index (κ1) is 21.6. The molecule has 1 aromatic rings. The summed E-state index contributed by atoms with van der Waals surface area (Å²) in [5.41, 5.74) is 1.43. The molecule has 0 saturated heterocycles. The molecule has 1 unspecified atom stereocenters. The highest BCUT2D eigenvalue weighted by Gasteiger charge is 2.42. The first-order valence-corrected chi connectivity index (χ1v) is 9.95. The number of ether oxygens (including phenoxy) is 2. The summed E-state index contributed by atoms with van der Waals surface area (Å²) in [4.78, 5) is 40.3. The van der Waals surface area contributed by atoms with Crippen LogP contribution in [0.3, 0.4) is 0 Å². The largest absolute Gasteiger partial charge is 0.468 e. The Balaban J connectivity index is 2.59. The zero-order valence-electron chi connectivity index (χ0n) is 16.1. The second-order valence-electron chi connectivity index (χ2n) is 6.21. The van der Waals surface area contributed by atoms with Crippen LogP contribution in [-0.4, -0.2) is 48.3 Å². The Morgan fingerprint density at radius 2 is 2.04 bits per heavy atom. The van der Waals surface area contributed by atoms with Gasteiger partial charge >= 0.3 is 11.9 Å². The van der Waals surface area contributed by atoms with Crippen LogP contribution in [0.25, 0.3) is 0 Å². The lowest BCUT2D eigenvalue weighted by atomic mass is 9.75. The van der Waals surface area contributed by atoms with Crippen molar-refractivity contribution >= 4 is 35.1 Å². The number of nitro groups is 1. The van der Waals surface area contributed by atoms with Crippen LogP contribution in [0.4, 0.5) is 5.69 Å². The Bertz CT molecular complexity index is 849. The van der Waals surface area contributed by atoms with Gasteiger partial charge in [-0.25, -0.2) is 4.79 Å². The lowest BCUT2D eigenvalue weighted by molar-refractivity contribution is -0.384. The van der Waals surface area contributed by atoms with E-state index >= 15 is 0 Å². The summed E-state index contributed by atoms with van der Waals surface area (Å²) < 4.78 is 10.3. The summed E-state index contributed by atoms with van der Waals surface area (Å²) in [6.45, 7) is 3.54. The lowest BCUT2D eigenvalue weighted by Gasteiger charge is -2.31. The maximum Gasteiger partial charge on any atom is 0.336 e. The van der Waals surface area contributed by atoms with Gasteiger partial charge in [-0.15, -0.1) is 0 Å². The SMILES string of the molecule is COC(=O)C1C(C)=NC(C)=C(C(=O)OCCSC)[C@@H]1c1cccc([N+](=O)[O-])c1. The van der Waals surface area contributed by atoms with Crippen LogP contribution in [0.5, 0.6) is 0 Å². The molecule has 2 atom stereocenters. The molecule has 0 spiro atoms. The van der Waals surface area contributed by atoms with Gasteiger partial charge in [-0.05, 0) is 25.7 Å². The van der Waals surface area contributed by atoms with Gasteiger partial charge < -0.3 is 9.47 Å². The third kappa shape index (κ3) is 4.59. The molecule has 1 aliphatic rings. The zero-order chi connectivity index (χ0) is 20.8. The van der Waals surface area contributed by atoms with Crippen molar-refractivity contribution in [2.45, 2.75) is 19.8 Å². The number of allylic oxidation sites excluding steroid dienone is 1. The van der Waals surface area contributed by atoms with Crippen molar-refractivity contribution < 1.29 is 24.0 Å². The lowest BCUT2D eigenvalue weighted by Crippen LogP contribution is -2.36. The monoisotopic (exact) mass is 406 g/mol. The second-order valence-corrected chi connectivity index (χ2v) is 7.20. The van der Waals surface area contributed by atoms with Crippen LogP contribution in [0, 0.1) is 16.0 Å². The number of carbonyl (C=O) groups is 2. The Morgan fingerprint density at radius 1 is 1.32 bits per heavy atom. The van der Waals surface area contributed by atoms with E-state index < -0.39 is 28.7 Å². The highest BCUT2D eigenvalue weighted by Crippen LogP contribution is 2.40. The van der Waals surface area contributed by atoms with Gasteiger partial charge in [0.15, 0.2) is 0 Å². The summed E-state index contributed by atoms with van der Waals surface area (Å²) in [7, 11) is 1.25. The number of non-ortho nitro benzene ring substituents is 1. The predicted octanol–water partition coefficient (Wildman–Crippen LogP) is 3.12. The van der Waals surface area contributed by atoms with Crippen molar-refractivity contribution in [3.05, 3.63) is 51.2 Å². The summed E-state index contributed by atoms with van der Waals surface area (Å²) >= 11 is 1.53. The topological polar surface area (TPSA) is 108 Å². The number of rotatable bonds is 7. The van der Waals surface area contributed by atoms with E-state index in [4.69, 9.17) is 9.47 Å². The van der Waals surface area contributed by atoms with Gasteiger partial charge in [0.1, 0.15) is 12.5 Å². The smallest absolute Gasteiger partial charge is 0.336 e. The van der Waals surface area contributed by atoms with Crippen molar-refractivity contribution in [3.63, 3.8) is 0 Å². The Morgan fingerprint density at radius 3 is 2.64 bits per heavy atom. The maximum absolute atomic E-state index is 12.8. The number of thioether (sulfide) groups is 1. The zero-order valence-corrected chi connectivity index (χ0v) is 16.9. The first-order chi connectivity index (χ1) is 13.3. The van der Waals surface area contributed by atoms with Crippen molar-refractivity contribution in [3.8, 4) is 0 Å². The molecular formula is C19H22N2O6S. The molecule has 0 radical (unpaired) electrons. The molecule has 0 aliphatic carbocycles. The van der Waals surface area contributed by atoms with Gasteiger partial charge in [0.05, 0.1) is 17.6 Å².